The van der Waals surface area contributed by atoms with E-state index in [9.17, 15) is 8.42 Å². The summed E-state index contributed by atoms with van der Waals surface area (Å²) >= 11 is 0. The van der Waals surface area contributed by atoms with Crippen molar-refractivity contribution in [3.05, 3.63) is 23.3 Å². The number of benzene rings is 1. The summed E-state index contributed by atoms with van der Waals surface area (Å²) in [5.74, 6) is 0. The van der Waals surface area contributed by atoms with Gasteiger partial charge >= 0.3 is 0 Å². The minimum atomic E-state index is -3.20. The first-order chi connectivity index (χ1) is 8.37. The second kappa shape index (κ2) is 4.55. The normalized spacial score (nSPS) is 21.8. The molecular weight excluding hydrogens is 248 g/mol. The van der Waals surface area contributed by atoms with Crippen molar-refractivity contribution in [2.45, 2.75) is 30.9 Å². The second-order valence-electron chi connectivity index (χ2n) is 5.02. The van der Waals surface area contributed by atoms with Crippen LogP contribution in [0.15, 0.2) is 17.0 Å². The molecule has 0 bridgehead atoms. The Morgan fingerprint density at radius 3 is 2.67 bits per heavy atom. The third kappa shape index (κ3) is 2.01. The molecule has 0 fully saturated rings. The Morgan fingerprint density at radius 2 is 2.06 bits per heavy atom. The first-order valence-corrected chi connectivity index (χ1v) is 7.72. The van der Waals surface area contributed by atoms with Gasteiger partial charge in [0.1, 0.15) is 0 Å². The molecule has 0 radical (unpaired) electrons. The largest absolute Gasteiger partial charge is 0.368 e. The fraction of sp³-hybridized carbons (Fsp3) is 0.538. The van der Waals surface area contributed by atoms with Crippen LogP contribution in [-0.2, 0) is 9.84 Å². The Hall–Kier alpha value is -1.07. The number of fused-ring (bicyclic) bond motifs is 1. The highest BCUT2D eigenvalue weighted by Crippen LogP contribution is 2.36. The van der Waals surface area contributed by atoms with Crippen molar-refractivity contribution in [3.8, 4) is 0 Å². The predicted molar refractivity (Wildman–Crippen MR) is 73.8 cm³/mol. The molecular formula is C13H20N2O2S. The van der Waals surface area contributed by atoms with E-state index in [0.29, 0.717) is 24.5 Å². The number of sulfone groups is 1. The van der Waals surface area contributed by atoms with E-state index < -0.39 is 9.84 Å². The van der Waals surface area contributed by atoms with Gasteiger partial charge in [-0.3, -0.25) is 0 Å². The number of nitrogens with two attached hydrogens (primary N) is 1. The molecule has 0 amide bonds. The molecule has 0 saturated carbocycles. The van der Waals surface area contributed by atoms with Crippen LogP contribution >= 0.6 is 0 Å². The highest BCUT2D eigenvalue weighted by Gasteiger charge is 2.35. The maximum absolute atomic E-state index is 12.4. The van der Waals surface area contributed by atoms with Crippen LogP contribution in [-0.4, -0.2) is 33.3 Å². The van der Waals surface area contributed by atoms with E-state index in [1.54, 1.807) is 6.92 Å². The molecule has 0 spiro atoms. The van der Waals surface area contributed by atoms with Gasteiger partial charge in [0.2, 0.25) is 0 Å². The van der Waals surface area contributed by atoms with Gasteiger partial charge in [0.15, 0.2) is 9.84 Å². The zero-order valence-corrected chi connectivity index (χ0v) is 11.9. The van der Waals surface area contributed by atoms with Gasteiger partial charge in [0.05, 0.1) is 15.8 Å². The van der Waals surface area contributed by atoms with Gasteiger partial charge in [0.25, 0.3) is 0 Å². The number of anilines is 1. The average molecular weight is 268 g/mol. The molecule has 1 aromatic rings. The Balaban J connectivity index is 2.68. The van der Waals surface area contributed by atoms with Crippen molar-refractivity contribution < 1.29 is 8.42 Å². The highest BCUT2D eigenvalue weighted by atomic mass is 32.2. The maximum Gasteiger partial charge on any atom is 0.184 e. The SMILES string of the molecule is Cc1cc(C)c2c(c1)N(CCN)CC(C)S2(=O)=O. The first-order valence-electron chi connectivity index (χ1n) is 6.18. The summed E-state index contributed by atoms with van der Waals surface area (Å²) in [6, 6.07) is 3.87. The third-order valence-corrected chi connectivity index (χ3v) is 5.74. The molecule has 1 heterocycles. The first kappa shape index (κ1) is 13.4. The van der Waals surface area contributed by atoms with Crippen LogP contribution in [0.25, 0.3) is 0 Å². The zero-order valence-electron chi connectivity index (χ0n) is 11.1. The zero-order chi connectivity index (χ0) is 13.5. The molecule has 0 aromatic heterocycles. The van der Waals surface area contributed by atoms with Gasteiger partial charge < -0.3 is 10.6 Å². The Labute approximate surface area is 109 Å². The smallest absolute Gasteiger partial charge is 0.184 e. The lowest BCUT2D eigenvalue weighted by Crippen LogP contribution is -2.43. The molecule has 0 saturated heterocycles. The van der Waals surface area contributed by atoms with Crippen molar-refractivity contribution in [1.82, 2.24) is 0 Å². The van der Waals surface area contributed by atoms with Crippen LogP contribution in [0.2, 0.25) is 0 Å². The minimum Gasteiger partial charge on any atom is -0.368 e. The molecule has 1 unspecified atom stereocenters. The van der Waals surface area contributed by atoms with E-state index in [1.807, 2.05) is 26.0 Å². The van der Waals surface area contributed by atoms with Crippen LogP contribution in [0.5, 0.6) is 0 Å². The van der Waals surface area contributed by atoms with E-state index in [1.165, 1.54) is 0 Å². The molecule has 2 rings (SSSR count). The Bertz CT molecular complexity index is 567. The number of hydrogen-bond donors (Lipinski definition) is 1. The summed E-state index contributed by atoms with van der Waals surface area (Å²) < 4.78 is 24.9. The lowest BCUT2D eigenvalue weighted by molar-refractivity contribution is 0.572. The summed E-state index contributed by atoms with van der Waals surface area (Å²) in [4.78, 5) is 2.57. The van der Waals surface area contributed by atoms with E-state index in [2.05, 4.69) is 4.90 Å². The summed E-state index contributed by atoms with van der Waals surface area (Å²) in [6.07, 6.45) is 0. The molecule has 18 heavy (non-hydrogen) atoms. The van der Waals surface area contributed by atoms with Crippen LogP contribution in [0, 0.1) is 13.8 Å². The van der Waals surface area contributed by atoms with E-state index in [0.717, 1.165) is 16.8 Å². The van der Waals surface area contributed by atoms with Gasteiger partial charge in [0, 0.05) is 19.6 Å². The summed E-state index contributed by atoms with van der Waals surface area (Å²) in [5, 5.41) is -0.377. The van der Waals surface area contributed by atoms with Gasteiger partial charge in [-0.15, -0.1) is 0 Å². The van der Waals surface area contributed by atoms with Crippen LogP contribution < -0.4 is 10.6 Å². The van der Waals surface area contributed by atoms with Crippen LogP contribution in [0.3, 0.4) is 0 Å². The number of nitrogens with zero attached hydrogens (tertiary/aromatic N) is 1. The Morgan fingerprint density at radius 1 is 1.39 bits per heavy atom. The third-order valence-electron chi connectivity index (χ3n) is 3.43. The summed E-state index contributed by atoms with van der Waals surface area (Å²) in [7, 11) is -3.20. The van der Waals surface area contributed by atoms with Crippen molar-refractivity contribution >= 4 is 15.5 Å². The lowest BCUT2D eigenvalue weighted by Gasteiger charge is -2.35. The molecule has 0 aliphatic carbocycles. The van der Waals surface area contributed by atoms with E-state index >= 15 is 0 Å². The fourth-order valence-electron chi connectivity index (χ4n) is 2.61. The summed E-state index contributed by atoms with van der Waals surface area (Å²) in [6.45, 7) is 7.35. The van der Waals surface area contributed by atoms with Crippen LogP contribution in [0.4, 0.5) is 5.69 Å². The topological polar surface area (TPSA) is 63.4 Å². The van der Waals surface area contributed by atoms with Crippen molar-refractivity contribution in [2.24, 2.45) is 5.73 Å². The number of hydrogen-bond acceptors (Lipinski definition) is 4. The summed E-state index contributed by atoms with van der Waals surface area (Å²) in [5.41, 5.74) is 8.34. The van der Waals surface area contributed by atoms with Crippen LogP contribution in [0.1, 0.15) is 18.1 Å². The Kier molecular flexibility index (Phi) is 3.38. The number of aryl methyl sites for hydroxylation is 2. The highest BCUT2D eigenvalue weighted by molar-refractivity contribution is 7.92. The van der Waals surface area contributed by atoms with Gasteiger partial charge in [-0.25, -0.2) is 8.42 Å². The average Bonchev–Trinajstić information content (AvgIpc) is 2.25. The van der Waals surface area contributed by atoms with Crippen molar-refractivity contribution in [3.63, 3.8) is 0 Å². The molecule has 1 aromatic carbocycles. The molecule has 1 aliphatic rings. The second-order valence-corrected chi connectivity index (χ2v) is 7.32. The molecule has 1 atom stereocenters. The van der Waals surface area contributed by atoms with E-state index in [4.69, 9.17) is 5.73 Å². The molecule has 1 aliphatic heterocycles. The molecule has 100 valence electrons. The monoisotopic (exact) mass is 268 g/mol. The maximum atomic E-state index is 12.4. The van der Waals surface area contributed by atoms with Crippen molar-refractivity contribution in [2.75, 3.05) is 24.5 Å². The predicted octanol–water partition coefficient (Wildman–Crippen LogP) is 1.24. The number of rotatable bonds is 2. The lowest BCUT2D eigenvalue weighted by atomic mass is 10.1. The van der Waals surface area contributed by atoms with Gasteiger partial charge in [-0.05, 0) is 38.0 Å². The van der Waals surface area contributed by atoms with Crippen molar-refractivity contribution in [1.29, 1.82) is 0 Å². The molecule has 5 heteroatoms. The van der Waals surface area contributed by atoms with E-state index in [-0.39, 0.29) is 5.25 Å². The fourth-order valence-corrected chi connectivity index (χ4v) is 4.38. The van der Waals surface area contributed by atoms with Gasteiger partial charge in [-0.1, -0.05) is 6.07 Å². The quantitative estimate of drug-likeness (QED) is 0.876. The standard InChI is InChI=1S/C13H20N2O2S/c1-9-6-10(2)13-12(7-9)15(5-4-14)8-11(3)18(13,16)17/h6-7,11H,4-5,8,14H2,1-3H3. The van der Waals surface area contributed by atoms with Gasteiger partial charge in [-0.2, -0.15) is 0 Å². The molecule has 4 nitrogen and oxygen atoms in total. The molecule has 2 N–H and O–H groups in total. The minimum absolute atomic E-state index is 0.377.